The smallest absolute Gasteiger partial charge is 0.270 e. The van der Waals surface area contributed by atoms with Crippen molar-refractivity contribution in [2.75, 3.05) is 13.1 Å². The zero-order chi connectivity index (χ0) is 22.8. The Labute approximate surface area is 190 Å². The number of aliphatic imine (C=N–C) groups is 1. The molecule has 2 aromatic heterocycles. The number of pyridine rings is 1. The topological polar surface area (TPSA) is 117 Å². The molecule has 0 radical (unpaired) electrons. The van der Waals surface area contributed by atoms with Crippen LogP contribution in [-0.4, -0.2) is 43.6 Å². The highest BCUT2D eigenvalue weighted by molar-refractivity contribution is 5.97. The van der Waals surface area contributed by atoms with Crippen molar-refractivity contribution in [1.82, 2.24) is 19.9 Å². The fraction of sp³-hybridized carbons (Fsp3) is 0.333. The van der Waals surface area contributed by atoms with Gasteiger partial charge in [-0.05, 0) is 31.4 Å². The number of benzene rings is 1. The Balaban J connectivity index is 1.34. The van der Waals surface area contributed by atoms with Crippen molar-refractivity contribution in [3.05, 3.63) is 85.7 Å². The molecular formula is C24H24N6O3. The predicted octanol–water partition coefficient (Wildman–Crippen LogP) is 3.27. The van der Waals surface area contributed by atoms with Gasteiger partial charge in [0.15, 0.2) is 5.82 Å². The van der Waals surface area contributed by atoms with E-state index in [-0.39, 0.29) is 11.2 Å². The van der Waals surface area contributed by atoms with Gasteiger partial charge in [0, 0.05) is 50.3 Å². The van der Waals surface area contributed by atoms with Gasteiger partial charge in [0.1, 0.15) is 0 Å². The number of nitrogens with zero attached hydrogens (tertiary/aromatic N) is 5. The van der Waals surface area contributed by atoms with Gasteiger partial charge in [-0.1, -0.05) is 18.2 Å². The molecule has 1 N–H and O–H groups in total. The molecule has 0 amide bonds. The van der Waals surface area contributed by atoms with Crippen LogP contribution in [0, 0.1) is 10.1 Å². The van der Waals surface area contributed by atoms with Gasteiger partial charge < -0.3 is 4.98 Å². The summed E-state index contributed by atoms with van der Waals surface area (Å²) in [4.78, 5) is 42.6. The Morgan fingerprint density at radius 1 is 1.09 bits per heavy atom. The van der Waals surface area contributed by atoms with Crippen LogP contribution < -0.4 is 5.56 Å². The Bertz CT molecular complexity index is 1300. The number of nitro groups is 1. The van der Waals surface area contributed by atoms with Gasteiger partial charge in [0.2, 0.25) is 0 Å². The van der Waals surface area contributed by atoms with Crippen LogP contribution in [0.1, 0.15) is 42.0 Å². The van der Waals surface area contributed by atoms with Crippen LogP contribution in [0.5, 0.6) is 0 Å². The number of fused-ring (bicyclic) bond motifs is 1. The third kappa shape index (κ3) is 4.58. The minimum atomic E-state index is -0.406. The summed E-state index contributed by atoms with van der Waals surface area (Å²) >= 11 is 0. The number of non-ortho nitro benzene ring substituents is 1. The van der Waals surface area contributed by atoms with E-state index < -0.39 is 4.92 Å². The molecule has 2 aliphatic heterocycles. The maximum Gasteiger partial charge on any atom is 0.270 e. The van der Waals surface area contributed by atoms with Gasteiger partial charge in [-0.2, -0.15) is 0 Å². The summed E-state index contributed by atoms with van der Waals surface area (Å²) in [5.41, 5.74) is 4.65. The summed E-state index contributed by atoms with van der Waals surface area (Å²) in [6.45, 7) is 2.66. The SMILES string of the molecule is O=c1[nH]c(C2=NCCCC2)nc2c1CN(Cc1cccc(-c3cccc([N+](=O)[O-])c3)n1)CC2. The van der Waals surface area contributed by atoms with E-state index in [1.807, 2.05) is 24.3 Å². The molecule has 9 heteroatoms. The average Bonchev–Trinajstić information content (AvgIpc) is 2.85. The molecule has 3 aromatic rings. The molecule has 2 aliphatic rings. The van der Waals surface area contributed by atoms with E-state index >= 15 is 0 Å². The average molecular weight is 444 g/mol. The van der Waals surface area contributed by atoms with Crippen molar-refractivity contribution < 1.29 is 4.92 Å². The van der Waals surface area contributed by atoms with Crippen molar-refractivity contribution in [2.24, 2.45) is 4.99 Å². The second kappa shape index (κ2) is 9.03. The number of nitro benzene ring substituents is 1. The molecule has 9 nitrogen and oxygen atoms in total. The molecule has 5 rings (SSSR count). The third-order valence-electron chi connectivity index (χ3n) is 6.09. The normalized spacial score (nSPS) is 16.2. The highest BCUT2D eigenvalue weighted by atomic mass is 16.6. The second-order valence-electron chi connectivity index (χ2n) is 8.41. The van der Waals surface area contributed by atoms with E-state index in [0.29, 0.717) is 42.2 Å². The summed E-state index contributed by atoms with van der Waals surface area (Å²) in [6.07, 6.45) is 3.73. The molecular weight excluding hydrogens is 420 g/mol. The molecule has 33 heavy (non-hydrogen) atoms. The van der Waals surface area contributed by atoms with Crippen LogP contribution in [0.15, 0.2) is 52.3 Å². The van der Waals surface area contributed by atoms with Crippen LogP contribution in [0.25, 0.3) is 11.3 Å². The first-order chi connectivity index (χ1) is 16.1. The fourth-order valence-electron chi connectivity index (χ4n) is 4.38. The molecule has 0 unspecified atom stereocenters. The second-order valence-corrected chi connectivity index (χ2v) is 8.41. The van der Waals surface area contributed by atoms with Crippen molar-refractivity contribution in [2.45, 2.75) is 38.8 Å². The minimum absolute atomic E-state index is 0.0395. The molecule has 0 spiro atoms. The molecule has 1 aromatic carbocycles. The number of H-pyrrole nitrogens is 1. The monoisotopic (exact) mass is 444 g/mol. The number of hydrogen-bond donors (Lipinski definition) is 1. The van der Waals surface area contributed by atoms with E-state index in [9.17, 15) is 14.9 Å². The Morgan fingerprint density at radius 2 is 1.97 bits per heavy atom. The van der Waals surface area contributed by atoms with E-state index in [1.54, 1.807) is 6.07 Å². The van der Waals surface area contributed by atoms with Crippen LogP contribution in [0.4, 0.5) is 5.69 Å². The highest BCUT2D eigenvalue weighted by Gasteiger charge is 2.23. The molecule has 0 aliphatic carbocycles. The van der Waals surface area contributed by atoms with Gasteiger partial charge in [-0.3, -0.25) is 29.8 Å². The summed E-state index contributed by atoms with van der Waals surface area (Å²) in [7, 11) is 0. The van der Waals surface area contributed by atoms with Crippen molar-refractivity contribution in [3.63, 3.8) is 0 Å². The van der Waals surface area contributed by atoms with E-state index in [0.717, 1.165) is 49.5 Å². The Kier molecular flexibility index (Phi) is 5.78. The van der Waals surface area contributed by atoms with Gasteiger partial charge in [-0.15, -0.1) is 0 Å². The zero-order valence-electron chi connectivity index (χ0n) is 18.2. The fourth-order valence-corrected chi connectivity index (χ4v) is 4.38. The summed E-state index contributed by atoms with van der Waals surface area (Å²) in [6, 6.07) is 12.2. The number of hydrogen-bond acceptors (Lipinski definition) is 7. The highest BCUT2D eigenvalue weighted by Crippen LogP contribution is 2.23. The molecule has 0 saturated carbocycles. The van der Waals surface area contributed by atoms with Crippen molar-refractivity contribution in [1.29, 1.82) is 0 Å². The lowest BCUT2D eigenvalue weighted by Crippen LogP contribution is -2.36. The maximum absolute atomic E-state index is 12.8. The quantitative estimate of drug-likeness (QED) is 0.477. The number of aromatic nitrogens is 3. The number of aromatic amines is 1. The zero-order valence-corrected chi connectivity index (χ0v) is 18.2. The third-order valence-corrected chi connectivity index (χ3v) is 6.09. The van der Waals surface area contributed by atoms with Crippen LogP contribution >= 0.6 is 0 Å². The molecule has 4 heterocycles. The lowest BCUT2D eigenvalue weighted by Gasteiger charge is -2.27. The van der Waals surface area contributed by atoms with E-state index in [1.165, 1.54) is 12.1 Å². The Hall–Kier alpha value is -3.72. The van der Waals surface area contributed by atoms with Crippen LogP contribution in [0.2, 0.25) is 0 Å². The first-order valence-electron chi connectivity index (χ1n) is 11.2. The molecule has 0 fully saturated rings. The molecule has 0 atom stereocenters. The molecule has 168 valence electrons. The van der Waals surface area contributed by atoms with Crippen molar-refractivity contribution >= 4 is 11.4 Å². The minimum Gasteiger partial charge on any atom is -0.305 e. The Morgan fingerprint density at radius 3 is 2.79 bits per heavy atom. The molecule has 0 saturated heterocycles. The summed E-state index contributed by atoms with van der Waals surface area (Å²) in [5, 5.41) is 11.1. The summed E-state index contributed by atoms with van der Waals surface area (Å²) in [5.74, 6) is 0.623. The first-order valence-corrected chi connectivity index (χ1v) is 11.2. The number of nitrogens with one attached hydrogen (secondary N) is 1. The van der Waals surface area contributed by atoms with Gasteiger partial charge in [0.25, 0.3) is 11.2 Å². The van der Waals surface area contributed by atoms with Crippen molar-refractivity contribution in [3.8, 4) is 11.3 Å². The van der Waals surface area contributed by atoms with E-state index in [4.69, 9.17) is 9.97 Å². The lowest BCUT2D eigenvalue weighted by molar-refractivity contribution is -0.384. The molecule has 0 bridgehead atoms. The summed E-state index contributed by atoms with van der Waals surface area (Å²) < 4.78 is 0. The largest absolute Gasteiger partial charge is 0.305 e. The standard InChI is InChI=1S/C24H24N6O3/c31-24-19-15-29(12-10-21(19)27-23(28-24)22-8-1-2-11-25-22)14-17-6-4-9-20(26-17)16-5-3-7-18(13-16)30(32)33/h3-7,9,13H,1-2,8,10-12,14-15H2,(H,27,28,31). The van der Waals surface area contributed by atoms with Gasteiger partial charge in [-0.25, -0.2) is 4.98 Å². The van der Waals surface area contributed by atoms with Crippen LogP contribution in [-0.2, 0) is 19.5 Å². The number of rotatable bonds is 5. The lowest BCUT2D eigenvalue weighted by atomic mass is 10.0. The van der Waals surface area contributed by atoms with Crippen LogP contribution in [0.3, 0.4) is 0 Å². The van der Waals surface area contributed by atoms with E-state index in [2.05, 4.69) is 14.9 Å². The maximum atomic E-state index is 12.8. The van der Waals surface area contributed by atoms with Gasteiger partial charge >= 0.3 is 0 Å². The van der Waals surface area contributed by atoms with Gasteiger partial charge in [0.05, 0.1) is 33.3 Å². The first kappa shape index (κ1) is 21.1. The predicted molar refractivity (Wildman–Crippen MR) is 124 cm³/mol.